The summed E-state index contributed by atoms with van der Waals surface area (Å²) in [6.07, 6.45) is 3.04. The lowest BCUT2D eigenvalue weighted by atomic mass is 10.1. The zero-order chi connectivity index (χ0) is 8.81. The van der Waals surface area contributed by atoms with Gasteiger partial charge in [0.15, 0.2) is 0 Å². The molecule has 1 heterocycles. The molecule has 0 saturated carbocycles. The molecule has 12 heavy (non-hydrogen) atoms. The van der Waals surface area contributed by atoms with Gasteiger partial charge in [0.1, 0.15) is 0 Å². The number of amides is 1. The van der Waals surface area contributed by atoms with E-state index in [2.05, 4.69) is 17.6 Å². The fraction of sp³-hybridized carbons (Fsp3) is 0.889. The van der Waals surface area contributed by atoms with Gasteiger partial charge in [0.05, 0.1) is 0 Å². The highest BCUT2D eigenvalue weighted by atomic mass is 16.1. The third-order valence-corrected chi connectivity index (χ3v) is 2.23. The second-order valence-electron chi connectivity index (χ2n) is 3.55. The molecule has 2 N–H and O–H groups in total. The van der Waals surface area contributed by atoms with Crippen molar-refractivity contribution in [2.24, 2.45) is 5.92 Å². The van der Waals surface area contributed by atoms with E-state index in [1.807, 2.05) is 0 Å². The lowest BCUT2D eigenvalue weighted by molar-refractivity contribution is -0.121. The zero-order valence-corrected chi connectivity index (χ0v) is 7.73. The largest absolute Gasteiger partial charge is 0.356 e. The summed E-state index contributed by atoms with van der Waals surface area (Å²) < 4.78 is 0. The average Bonchev–Trinajstić information content (AvgIpc) is 2.07. The molecule has 0 aliphatic carbocycles. The molecule has 0 aromatic carbocycles. The Kier molecular flexibility index (Phi) is 4.08. The molecule has 0 radical (unpaired) electrons. The molecule has 1 aliphatic heterocycles. The molecule has 70 valence electrons. The number of carbonyl (C=O) groups excluding carboxylic acids is 1. The van der Waals surface area contributed by atoms with E-state index in [0.29, 0.717) is 12.3 Å². The molecule has 1 amide bonds. The van der Waals surface area contributed by atoms with Gasteiger partial charge in [-0.15, -0.1) is 0 Å². The fourth-order valence-electron chi connectivity index (χ4n) is 1.38. The van der Waals surface area contributed by atoms with Gasteiger partial charge in [-0.25, -0.2) is 0 Å². The van der Waals surface area contributed by atoms with Gasteiger partial charge in [0, 0.05) is 19.5 Å². The van der Waals surface area contributed by atoms with Crippen molar-refractivity contribution in [3.8, 4) is 0 Å². The van der Waals surface area contributed by atoms with E-state index in [1.54, 1.807) is 0 Å². The second-order valence-corrected chi connectivity index (χ2v) is 3.55. The van der Waals surface area contributed by atoms with Crippen molar-refractivity contribution in [3.63, 3.8) is 0 Å². The summed E-state index contributed by atoms with van der Waals surface area (Å²) in [4.78, 5) is 11.1. The van der Waals surface area contributed by atoms with E-state index in [9.17, 15) is 4.79 Å². The highest BCUT2D eigenvalue weighted by Crippen LogP contribution is 2.03. The van der Waals surface area contributed by atoms with Gasteiger partial charge in [0.2, 0.25) is 5.91 Å². The van der Waals surface area contributed by atoms with Crippen LogP contribution in [0.5, 0.6) is 0 Å². The molecular formula is C9H18N2O. The molecule has 1 saturated heterocycles. The Morgan fingerprint density at radius 2 is 2.25 bits per heavy atom. The maximum atomic E-state index is 11.1. The molecule has 3 heteroatoms. The summed E-state index contributed by atoms with van der Waals surface area (Å²) in [5, 5.41) is 6.17. The van der Waals surface area contributed by atoms with Crippen LogP contribution >= 0.6 is 0 Å². The van der Waals surface area contributed by atoms with Crippen LogP contribution in [0.15, 0.2) is 0 Å². The van der Waals surface area contributed by atoms with Crippen LogP contribution in [0.4, 0.5) is 0 Å². The first-order chi connectivity index (χ1) is 5.79. The van der Waals surface area contributed by atoms with Crippen molar-refractivity contribution in [2.45, 2.75) is 26.2 Å². The first-order valence-electron chi connectivity index (χ1n) is 4.76. The van der Waals surface area contributed by atoms with Gasteiger partial charge in [-0.2, -0.15) is 0 Å². The Hall–Kier alpha value is -0.570. The summed E-state index contributed by atoms with van der Waals surface area (Å²) in [6.45, 7) is 4.90. The summed E-state index contributed by atoms with van der Waals surface area (Å²) >= 11 is 0. The zero-order valence-electron chi connectivity index (χ0n) is 7.73. The minimum absolute atomic E-state index is 0.177. The van der Waals surface area contributed by atoms with Gasteiger partial charge < -0.3 is 10.6 Å². The van der Waals surface area contributed by atoms with E-state index in [-0.39, 0.29) is 5.91 Å². The van der Waals surface area contributed by atoms with Crippen molar-refractivity contribution in [2.75, 3.05) is 19.6 Å². The molecule has 1 rings (SSSR count). The van der Waals surface area contributed by atoms with E-state index >= 15 is 0 Å². The molecule has 1 aliphatic rings. The maximum Gasteiger partial charge on any atom is 0.221 e. The smallest absolute Gasteiger partial charge is 0.221 e. The van der Waals surface area contributed by atoms with Crippen LogP contribution in [-0.4, -0.2) is 25.5 Å². The monoisotopic (exact) mass is 170 g/mol. The predicted octanol–water partition coefficient (Wildman–Crippen LogP) is 0.512. The van der Waals surface area contributed by atoms with E-state index in [1.165, 1.54) is 12.8 Å². The van der Waals surface area contributed by atoms with Crippen LogP contribution in [0, 0.1) is 5.92 Å². The molecule has 0 bridgehead atoms. The first kappa shape index (κ1) is 9.52. The Bertz CT molecular complexity index is 147. The highest BCUT2D eigenvalue weighted by Gasteiger charge is 2.07. The quantitative estimate of drug-likeness (QED) is 0.556. The third-order valence-electron chi connectivity index (χ3n) is 2.23. The van der Waals surface area contributed by atoms with Crippen molar-refractivity contribution in [1.29, 1.82) is 0 Å². The predicted molar refractivity (Wildman–Crippen MR) is 48.9 cm³/mol. The average molecular weight is 170 g/mol. The van der Waals surface area contributed by atoms with Crippen LogP contribution in [-0.2, 0) is 4.79 Å². The number of hydrogen-bond donors (Lipinski definition) is 2. The Labute approximate surface area is 73.9 Å². The number of rotatable bonds is 0. The highest BCUT2D eigenvalue weighted by molar-refractivity contribution is 5.76. The summed E-state index contributed by atoms with van der Waals surface area (Å²) in [7, 11) is 0. The van der Waals surface area contributed by atoms with Crippen LogP contribution in [0.25, 0.3) is 0 Å². The lowest BCUT2D eigenvalue weighted by Gasteiger charge is -2.15. The minimum atomic E-state index is 0.177. The SMILES string of the molecule is CC1CCCNCCC(=O)NC1. The van der Waals surface area contributed by atoms with Crippen LogP contribution < -0.4 is 10.6 Å². The molecule has 1 unspecified atom stereocenters. The molecule has 1 fully saturated rings. The van der Waals surface area contributed by atoms with Crippen molar-refractivity contribution in [3.05, 3.63) is 0 Å². The van der Waals surface area contributed by atoms with Crippen molar-refractivity contribution in [1.82, 2.24) is 10.6 Å². The van der Waals surface area contributed by atoms with Gasteiger partial charge in [-0.3, -0.25) is 4.79 Å². The van der Waals surface area contributed by atoms with Gasteiger partial charge in [-0.1, -0.05) is 6.92 Å². The number of nitrogens with one attached hydrogen (secondary N) is 2. The van der Waals surface area contributed by atoms with E-state index < -0.39 is 0 Å². The maximum absolute atomic E-state index is 11.1. The second kappa shape index (κ2) is 5.14. The van der Waals surface area contributed by atoms with E-state index in [4.69, 9.17) is 0 Å². The number of carbonyl (C=O) groups is 1. The third kappa shape index (κ3) is 3.72. The molecule has 0 aromatic rings. The molecule has 0 spiro atoms. The van der Waals surface area contributed by atoms with E-state index in [0.717, 1.165) is 19.6 Å². The Morgan fingerprint density at radius 1 is 1.42 bits per heavy atom. The Balaban J connectivity index is 2.27. The van der Waals surface area contributed by atoms with Gasteiger partial charge in [-0.05, 0) is 25.3 Å². The standard InChI is InChI=1S/C9H18N2O/c1-8-3-2-5-10-6-4-9(12)11-7-8/h8,10H,2-7H2,1H3,(H,11,12). The Morgan fingerprint density at radius 3 is 3.08 bits per heavy atom. The first-order valence-corrected chi connectivity index (χ1v) is 4.76. The lowest BCUT2D eigenvalue weighted by Crippen LogP contribution is -2.33. The van der Waals surface area contributed by atoms with Crippen LogP contribution in [0.3, 0.4) is 0 Å². The van der Waals surface area contributed by atoms with Crippen LogP contribution in [0.1, 0.15) is 26.2 Å². The van der Waals surface area contributed by atoms with Crippen molar-refractivity contribution >= 4 is 5.91 Å². The summed E-state index contributed by atoms with van der Waals surface area (Å²) in [6, 6.07) is 0. The molecule has 0 aromatic heterocycles. The fourth-order valence-corrected chi connectivity index (χ4v) is 1.38. The molecule has 1 atom stereocenters. The van der Waals surface area contributed by atoms with Crippen LogP contribution in [0.2, 0.25) is 0 Å². The number of hydrogen-bond acceptors (Lipinski definition) is 2. The summed E-state index contributed by atoms with van der Waals surface area (Å²) in [5.41, 5.74) is 0. The normalized spacial score (nSPS) is 27.8. The summed E-state index contributed by atoms with van der Waals surface area (Å²) in [5.74, 6) is 0.796. The molecule has 3 nitrogen and oxygen atoms in total. The molecular weight excluding hydrogens is 152 g/mol. The van der Waals surface area contributed by atoms with Gasteiger partial charge >= 0.3 is 0 Å². The van der Waals surface area contributed by atoms with Crippen molar-refractivity contribution < 1.29 is 4.79 Å². The van der Waals surface area contributed by atoms with Gasteiger partial charge in [0.25, 0.3) is 0 Å². The topological polar surface area (TPSA) is 41.1 Å². The minimum Gasteiger partial charge on any atom is -0.356 e.